The zero-order valence-electron chi connectivity index (χ0n) is 18.0. The Balaban J connectivity index is 1.63. The number of aryl methyl sites for hydroxylation is 1. The minimum Gasteiger partial charge on any atom is -0.0620 e. The molecule has 0 aliphatic heterocycles. The molecule has 0 bridgehead atoms. The summed E-state index contributed by atoms with van der Waals surface area (Å²) in [6.07, 6.45) is 0. The Morgan fingerprint density at radius 1 is 0.452 bits per heavy atom. The molecule has 31 heavy (non-hydrogen) atoms. The minimum atomic E-state index is 0.394. The maximum Gasteiger partial charge on any atom is 0.0142 e. The number of hydrogen-bond acceptors (Lipinski definition) is 0. The summed E-state index contributed by atoms with van der Waals surface area (Å²) in [6, 6.07) is 35.0. The fourth-order valence-corrected chi connectivity index (χ4v) is 7.19. The van der Waals surface area contributed by atoms with Crippen molar-refractivity contribution in [2.45, 2.75) is 37.5 Å². The van der Waals surface area contributed by atoms with Crippen LogP contribution in [-0.2, 0) is 0 Å². The van der Waals surface area contributed by atoms with Crippen LogP contribution in [0.5, 0.6) is 0 Å². The third-order valence-corrected chi connectivity index (χ3v) is 8.33. The van der Waals surface area contributed by atoms with E-state index in [1.807, 2.05) is 0 Å². The van der Waals surface area contributed by atoms with Gasteiger partial charge in [-0.15, -0.1) is 0 Å². The molecule has 3 aliphatic carbocycles. The van der Waals surface area contributed by atoms with Crippen molar-refractivity contribution in [2.75, 3.05) is 0 Å². The summed E-state index contributed by atoms with van der Waals surface area (Å²) in [5, 5.41) is 0. The van der Waals surface area contributed by atoms with Crippen LogP contribution in [0, 0.1) is 12.8 Å². The lowest BCUT2D eigenvalue weighted by atomic mass is 9.67. The molecule has 0 nitrogen and oxygen atoms in total. The van der Waals surface area contributed by atoms with Crippen LogP contribution in [0.4, 0.5) is 0 Å². The van der Waals surface area contributed by atoms with Crippen molar-refractivity contribution in [1.82, 2.24) is 0 Å². The highest BCUT2D eigenvalue weighted by Gasteiger charge is 2.53. The van der Waals surface area contributed by atoms with Crippen molar-refractivity contribution >= 4 is 0 Å². The van der Waals surface area contributed by atoms with Crippen LogP contribution in [-0.4, -0.2) is 0 Å². The van der Waals surface area contributed by atoms with Crippen LogP contribution in [0.1, 0.15) is 80.7 Å². The molecular formula is C31H26. The van der Waals surface area contributed by atoms with Gasteiger partial charge in [0.05, 0.1) is 0 Å². The van der Waals surface area contributed by atoms with Gasteiger partial charge in [0.2, 0.25) is 0 Å². The molecule has 4 aromatic rings. The first kappa shape index (κ1) is 17.5. The summed E-state index contributed by atoms with van der Waals surface area (Å²) >= 11 is 0. The average Bonchev–Trinajstić information content (AvgIpc) is 3.30. The van der Waals surface area contributed by atoms with E-state index in [0.717, 1.165) is 0 Å². The fourth-order valence-electron chi connectivity index (χ4n) is 7.19. The molecule has 0 heteroatoms. The Morgan fingerprint density at radius 2 is 0.839 bits per heavy atom. The van der Waals surface area contributed by atoms with E-state index in [2.05, 4.69) is 105 Å². The number of benzene rings is 4. The maximum atomic E-state index is 2.45. The van der Waals surface area contributed by atoms with Crippen molar-refractivity contribution < 1.29 is 0 Å². The Morgan fingerprint density at radius 3 is 1.32 bits per heavy atom. The van der Waals surface area contributed by atoms with Gasteiger partial charge in [-0.1, -0.05) is 103 Å². The van der Waals surface area contributed by atoms with Gasteiger partial charge in [-0.3, -0.25) is 0 Å². The maximum absolute atomic E-state index is 2.45. The normalized spacial score (nSPS) is 26.7. The third-order valence-electron chi connectivity index (χ3n) is 8.33. The van der Waals surface area contributed by atoms with Crippen molar-refractivity contribution in [3.8, 4) is 0 Å². The summed E-state index contributed by atoms with van der Waals surface area (Å²) in [5.41, 5.74) is 13.7. The quantitative estimate of drug-likeness (QED) is 0.288. The summed E-state index contributed by atoms with van der Waals surface area (Å²) in [4.78, 5) is 0. The molecule has 0 amide bonds. The van der Waals surface area contributed by atoms with Gasteiger partial charge in [0.1, 0.15) is 0 Å². The molecule has 150 valence electrons. The average molecular weight is 399 g/mol. The van der Waals surface area contributed by atoms with Crippen molar-refractivity contribution in [2.24, 2.45) is 5.92 Å². The molecule has 0 aromatic heterocycles. The largest absolute Gasteiger partial charge is 0.0620 e. The standard InChI is InChI=1S/C31H26/c1-18-15-16-26-27(17-18)19(2)20-9-3-4-10-21(20)28-22-11-5-6-12-23(22)29-24-13-7-8-14-25(24)30(26)31(28)29/h3-17,19,28-31H,1-2H3. The zero-order chi connectivity index (χ0) is 20.7. The highest BCUT2D eigenvalue weighted by atomic mass is 14.6. The van der Waals surface area contributed by atoms with Gasteiger partial charge in [-0.05, 0) is 57.3 Å². The monoisotopic (exact) mass is 398 g/mol. The molecule has 0 N–H and O–H groups in total. The van der Waals surface area contributed by atoms with E-state index < -0.39 is 0 Å². The molecule has 0 spiro atoms. The van der Waals surface area contributed by atoms with Gasteiger partial charge in [0, 0.05) is 23.7 Å². The Hall–Kier alpha value is -3.12. The van der Waals surface area contributed by atoms with Crippen LogP contribution < -0.4 is 0 Å². The van der Waals surface area contributed by atoms with Gasteiger partial charge in [0.25, 0.3) is 0 Å². The molecule has 0 fully saturated rings. The van der Waals surface area contributed by atoms with Crippen LogP contribution >= 0.6 is 0 Å². The van der Waals surface area contributed by atoms with Crippen LogP contribution in [0.15, 0.2) is 91.0 Å². The second-order valence-corrected chi connectivity index (χ2v) is 9.75. The van der Waals surface area contributed by atoms with Crippen molar-refractivity contribution in [3.63, 3.8) is 0 Å². The lowest BCUT2D eigenvalue weighted by molar-refractivity contribution is 0.436. The lowest BCUT2D eigenvalue weighted by Crippen LogP contribution is -2.23. The van der Waals surface area contributed by atoms with Crippen LogP contribution in [0.25, 0.3) is 0 Å². The molecule has 0 saturated heterocycles. The Bertz CT molecular complexity index is 1340. The second-order valence-electron chi connectivity index (χ2n) is 9.75. The van der Waals surface area contributed by atoms with E-state index in [9.17, 15) is 0 Å². The van der Waals surface area contributed by atoms with E-state index in [-0.39, 0.29) is 0 Å². The van der Waals surface area contributed by atoms with E-state index in [1.165, 1.54) is 16.7 Å². The van der Waals surface area contributed by atoms with Gasteiger partial charge in [-0.2, -0.15) is 0 Å². The summed E-state index contributed by atoms with van der Waals surface area (Å²) in [7, 11) is 0. The summed E-state index contributed by atoms with van der Waals surface area (Å²) in [5.74, 6) is 2.32. The predicted octanol–water partition coefficient (Wildman–Crippen LogP) is 7.50. The second kappa shape index (κ2) is 6.20. The van der Waals surface area contributed by atoms with E-state index in [4.69, 9.17) is 0 Å². The molecule has 4 aromatic carbocycles. The molecule has 0 radical (unpaired) electrons. The molecule has 0 heterocycles. The molecule has 5 unspecified atom stereocenters. The highest BCUT2D eigenvalue weighted by Crippen LogP contribution is 2.66. The predicted molar refractivity (Wildman–Crippen MR) is 127 cm³/mol. The molecule has 5 atom stereocenters. The minimum absolute atomic E-state index is 0.394. The number of rotatable bonds is 0. The lowest BCUT2D eigenvalue weighted by Gasteiger charge is -2.35. The molecule has 3 aliphatic rings. The smallest absolute Gasteiger partial charge is 0.0142 e. The Kier molecular flexibility index (Phi) is 3.51. The van der Waals surface area contributed by atoms with Crippen molar-refractivity contribution in [3.05, 3.63) is 141 Å². The van der Waals surface area contributed by atoms with Gasteiger partial charge < -0.3 is 0 Å². The van der Waals surface area contributed by atoms with E-state index in [0.29, 0.717) is 29.6 Å². The summed E-state index contributed by atoms with van der Waals surface area (Å²) < 4.78 is 0. The van der Waals surface area contributed by atoms with Gasteiger partial charge >= 0.3 is 0 Å². The Labute approximate surface area is 184 Å². The number of hydrogen-bond donors (Lipinski definition) is 0. The van der Waals surface area contributed by atoms with Gasteiger partial charge in [0.15, 0.2) is 0 Å². The van der Waals surface area contributed by atoms with Crippen LogP contribution in [0.2, 0.25) is 0 Å². The first-order valence-corrected chi connectivity index (χ1v) is 11.6. The van der Waals surface area contributed by atoms with Gasteiger partial charge in [-0.25, -0.2) is 0 Å². The molecule has 0 saturated carbocycles. The van der Waals surface area contributed by atoms with E-state index >= 15 is 0 Å². The topological polar surface area (TPSA) is 0 Å². The van der Waals surface area contributed by atoms with Crippen molar-refractivity contribution in [1.29, 1.82) is 0 Å². The third kappa shape index (κ3) is 2.20. The molecular weight excluding hydrogens is 372 g/mol. The highest BCUT2D eigenvalue weighted by molar-refractivity contribution is 5.63. The fraction of sp³-hybridized carbons (Fsp3) is 0.226. The number of fused-ring (bicyclic) bond motifs is 10. The first-order valence-electron chi connectivity index (χ1n) is 11.6. The molecule has 7 rings (SSSR count). The van der Waals surface area contributed by atoms with Crippen LogP contribution in [0.3, 0.4) is 0 Å². The zero-order valence-corrected chi connectivity index (χ0v) is 18.0. The SMILES string of the molecule is Cc1ccc2c(c1)C(C)c1ccccc1C1c3ccccc3C3c4ccccc4C2C13. The first-order chi connectivity index (χ1) is 15.2. The summed E-state index contributed by atoms with van der Waals surface area (Å²) in [6.45, 7) is 4.65. The van der Waals surface area contributed by atoms with E-state index in [1.54, 1.807) is 33.4 Å².